The average Bonchev–Trinajstić information content (AvgIpc) is 3.33. The van der Waals surface area contributed by atoms with Gasteiger partial charge in [0, 0.05) is 17.0 Å². The molecule has 0 radical (unpaired) electrons. The van der Waals surface area contributed by atoms with Crippen LogP contribution in [0.4, 0.5) is 0 Å². The first-order valence-electron chi connectivity index (χ1n) is 8.42. The molecule has 1 N–H and O–H groups in total. The molecule has 2 aliphatic heterocycles. The van der Waals surface area contributed by atoms with Crippen molar-refractivity contribution in [2.45, 2.75) is 6.04 Å². The molecule has 0 saturated heterocycles. The van der Waals surface area contributed by atoms with Gasteiger partial charge in [-0.05, 0) is 35.2 Å². The maximum Gasteiger partial charge on any atom is 0.343 e. The number of rotatable bonds is 3. The minimum Gasteiger partial charge on any atom is -0.497 e. The molecule has 2 aromatic carbocycles. The van der Waals surface area contributed by atoms with Crippen molar-refractivity contribution in [3.8, 4) is 5.75 Å². The average molecular weight is 392 g/mol. The molecule has 28 heavy (non-hydrogen) atoms. The van der Waals surface area contributed by atoms with Gasteiger partial charge in [-0.25, -0.2) is 14.8 Å². The number of nitrogens with one attached hydrogen (secondary N) is 1. The van der Waals surface area contributed by atoms with Crippen LogP contribution in [0, 0.1) is 0 Å². The van der Waals surface area contributed by atoms with Crippen LogP contribution in [0.15, 0.2) is 63.6 Å². The Morgan fingerprint density at radius 2 is 2.14 bits per heavy atom. The van der Waals surface area contributed by atoms with E-state index in [-0.39, 0.29) is 5.90 Å². The highest BCUT2D eigenvalue weighted by molar-refractivity contribution is 8.21. The Morgan fingerprint density at radius 3 is 2.96 bits per heavy atom. The van der Waals surface area contributed by atoms with E-state index in [0.29, 0.717) is 16.5 Å². The normalized spacial score (nSPS) is 20.6. The molecule has 7 nitrogen and oxygen atoms in total. The van der Waals surface area contributed by atoms with Gasteiger partial charge in [-0.1, -0.05) is 36.9 Å². The molecule has 2 aromatic rings. The fourth-order valence-corrected chi connectivity index (χ4v) is 3.41. The van der Waals surface area contributed by atoms with Crippen LogP contribution in [-0.2, 0) is 9.53 Å². The molecule has 0 spiro atoms. The van der Waals surface area contributed by atoms with E-state index in [1.807, 2.05) is 24.3 Å². The van der Waals surface area contributed by atoms with Crippen molar-refractivity contribution < 1.29 is 14.3 Å². The Bertz CT molecular complexity index is 1140. The van der Waals surface area contributed by atoms with E-state index in [4.69, 9.17) is 9.47 Å². The number of ether oxygens (including phenoxy) is 2. The molecule has 0 amide bonds. The number of hydrazone groups is 1. The van der Waals surface area contributed by atoms with E-state index in [0.717, 1.165) is 15.5 Å². The number of esters is 1. The molecule has 0 aromatic heterocycles. The second kappa shape index (κ2) is 7.69. The summed E-state index contributed by atoms with van der Waals surface area (Å²) in [5, 5.41) is 7.34. The predicted octanol–water partition coefficient (Wildman–Crippen LogP) is 1.22. The van der Waals surface area contributed by atoms with E-state index in [9.17, 15) is 4.79 Å². The lowest BCUT2D eigenvalue weighted by atomic mass is 10.2. The summed E-state index contributed by atoms with van der Waals surface area (Å²) in [5.41, 5.74) is 3.61. The van der Waals surface area contributed by atoms with E-state index in [2.05, 4.69) is 27.1 Å². The molecular weight excluding hydrogens is 376 g/mol. The summed E-state index contributed by atoms with van der Waals surface area (Å²) in [7, 11) is 1.57. The number of benzene rings is 2. The fraction of sp³-hybridized carbons (Fsp3) is 0.100. The molecule has 1 unspecified atom stereocenters. The van der Waals surface area contributed by atoms with Crippen LogP contribution in [0.5, 0.6) is 5.75 Å². The number of amidine groups is 1. The van der Waals surface area contributed by atoms with Gasteiger partial charge in [-0.2, -0.15) is 0 Å². The lowest BCUT2D eigenvalue weighted by Gasteiger charge is -2.02. The lowest BCUT2D eigenvalue weighted by Crippen LogP contribution is -2.26. The van der Waals surface area contributed by atoms with Crippen molar-refractivity contribution in [1.29, 1.82) is 0 Å². The van der Waals surface area contributed by atoms with E-state index >= 15 is 0 Å². The first-order chi connectivity index (χ1) is 13.6. The summed E-state index contributed by atoms with van der Waals surface area (Å²) in [6.45, 7) is 4.01. The zero-order valence-electron chi connectivity index (χ0n) is 15.0. The number of hydrogen-bond acceptors (Lipinski definition) is 8. The standard InChI is InChI=1S/C20H16N4O3S/c1-12-6-3-4-9-15(12)18-23-24-20(28-18)21-11-16-19(25)27-17(22-16)13-7-5-8-14(10-13)26-2/h3-11,16,23H,1H2,2H3. The topological polar surface area (TPSA) is 84.6 Å². The van der Waals surface area contributed by atoms with E-state index in [1.165, 1.54) is 18.0 Å². The highest BCUT2D eigenvalue weighted by Crippen LogP contribution is 2.22. The van der Waals surface area contributed by atoms with Crippen LogP contribution in [0.25, 0.3) is 11.6 Å². The van der Waals surface area contributed by atoms with Crippen molar-refractivity contribution in [2.24, 2.45) is 15.1 Å². The van der Waals surface area contributed by atoms with E-state index < -0.39 is 12.0 Å². The number of cyclic esters (lactones) is 1. The molecule has 8 heteroatoms. The first kappa shape index (κ1) is 18.0. The van der Waals surface area contributed by atoms with Crippen LogP contribution in [0.1, 0.15) is 5.56 Å². The second-order valence-corrected chi connectivity index (χ2v) is 6.88. The van der Waals surface area contributed by atoms with Crippen LogP contribution in [-0.4, -0.2) is 36.4 Å². The Balaban J connectivity index is 1.50. The highest BCUT2D eigenvalue weighted by Gasteiger charge is 2.29. The van der Waals surface area contributed by atoms with Crippen LogP contribution in [0.3, 0.4) is 0 Å². The summed E-state index contributed by atoms with van der Waals surface area (Å²) in [4.78, 5) is 20.7. The minimum atomic E-state index is -0.811. The van der Waals surface area contributed by atoms with Crippen molar-refractivity contribution in [3.05, 3.63) is 64.5 Å². The number of methoxy groups -OCH3 is 1. The van der Waals surface area contributed by atoms with Gasteiger partial charge in [0.2, 0.25) is 11.1 Å². The molecule has 0 saturated carbocycles. The summed E-state index contributed by atoms with van der Waals surface area (Å²) in [6.07, 6.45) is 1.43. The fourth-order valence-electron chi connectivity index (χ4n) is 2.63. The maximum atomic E-state index is 12.1. The molecular formula is C20H16N4O3S. The van der Waals surface area contributed by atoms with Crippen molar-refractivity contribution in [3.63, 3.8) is 0 Å². The summed E-state index contributed by atoms with van der Waals surface area (Å²) in [5.74, 6) is 0.424. The van der Waals surface area contributed by atoms with Crippen molar-refractivity contribution in [1.82, 2.24) is 5.43 Å². The largest absolute Gasteiger partial charge is 0.497 e. The van der Waals surface area contributed by atoms with Crippen LogP contribution < -0.4 is 20.6 Å². The van der Waals surface area contributed by atoms with Crippen molar-refractivity contribution >= 4 is 46.6 Å². The van der Waals surface area contributed by atoms with Crippen molar-refractivity contribution in [2.75, 3.05) is 7.11 Å². The van der Waals surface area contributed by atoms with Gasteiger partial charge in [0.1, 0.15) is 10.8 Å². The number of thioether (sulfide) groups is 1. The molecule has 4 rings (SSSR count). The van der Waals surface area contributed by atoms with Gasteiger partial charge in [0.25, 0.3) is 0 Å². The number of nitrogens with zero attached hydrogens (tertiary/aromatic N) is 3. The Morgan fingerprint density at radius 1 is 1.29 bits per heavy atom. The molecule has 2 heterocycles. The minimum absolute atomic E-state index is 0.248. The smallest absolute Gasteiger partial charge is 0.343 e. The summed E-state index contributed by atoms with van der Waals surface area (Å²) >= 11 is 1.37. The van der Waals surface area contributed by atoms with Gasteiger partial charge < -0.3 is 9.47 Å². The number of hydrogen-bond donors (Lipinski definition) is 1. The zero-order chi connectivity index (χ0) is 19.5. The number of carbonyl (C=O) groups excluding carboxylic acids is 1. The van der Waals surface area contributed by atoms with E-state index in [1.54, 1.807) is 31.4 Å². The number of carbonyl (C=O) groups is 1. The quantitative estimate of drug-likeness (QED) is 0.627. The predicted molar refractivity (Wildman–Crippen MR) is 111 cm³/mol. The molecule has 0 bridgehead atoms. The lowest BCUT2D eigenvalue weighted by molar-refractivity contribution is -0.133. The molecule has 2 aliphatic rings. The zero-order valence-corrected chi connectivity index (χ0v) is 15.8. The molecule has 140 valence electrons. The summed E-state index contributed by atoms with van der Waals surface area (Å²) in [6, 6.07) is 14.1. The maximum absolute atomic E-state index is 12.1. The third-order valence-corrected chi connectivity index (χ3v) is 4.94. The summed E-state index contributed by atoms with van der Waals surface area (Å²) < 4.78 is 10.5. The molecule has 1 atom stereocenters. The monoisotopic (exact) mass is 392 g/mol. The van der Waals surface area contributed by atoms with Gasteiger partial charge in [-0.3, -0.25) is 5.43 Å². The molecule has 0 aliphatic carbocycles. The second-order valence-electron chi connectivity index (χ2n) is 5.90. The van der Waals surface area contributed by atoms with Gasteiger partial charge in [-0.15, -0.1) is 5.10 Å². The Kier molecular flexibility index (Phi) is 4.94. The SMILES string of the molecule is C=c1ccccc1=C1NN=C(N=CC2N=C(c3cccc(OC)c3)OC2=O)S1. The third kappa shape index (κ3) is 3.67. The van der Waals surface area contributed by atoms with Crippen LogP contribution in [0.2, 0.25) is 0 Å². The van der Waals surface area contributed by atoms with Crippen LogP contribution >= 0.6 is 11.8 Å². The number of aliphatic imine (C=N–C) groups is 2. The Hall–Kier alpha value is -3.39. The first-order valence-corrected chi connectivity index (χ1v) is 9.23. The van der Waals surface area contributed by atoms with Gasteiger partial charge >= 0.3 is 5.97 Å². The van der Waals surface area contributed by atoms with Gasteiger partial charge in [0.05, 0.1) is 7.11 Å². The molecule has 0 fully saturated rings. The third-order valence-electron chi connectivity index (χ3n) is 4.05. The highest BCUT2D eigenvalue weighted by atomic mass is 32.2. The van der Waals surface area contributed by atoms with Gasteiger partial charge in [0.15, 0.2) is 6.04 Å². The Labute approximate surface area is 165 Å².